The number of carboxylic acids is 1. The van der Waals surface area contributed by atoms with Crippen LogP contribution in [0.3, 0.4) is 0 Å². The van der Waals surface area contributed by atoms with Crippen molar-refractivity contribution in [1.82, 2.24) is 4.98 Å². The van der Waals surface area contributed by atoms with Crippen molar-refractivity contribution in [2.24, 2.45) is 0 Å². The van der Waals surface area contributed by atoms with E-state index in [0.29, 0.717) is 22.8 Å². The van der Waals surface area contributed by atoms with Crippen molar-refractivity contribution in [3.8, 4) is 22.8 Å². The third-order valence-corrected chi connectivity index (χ3v) is 4.09. The topological polar surface area (TPSA) is 68.7 Å². The fourth-order valence-corrected chi connectivity index (χ4v) is 3.04. The number of rotatable bonds is 6. The van der Waals surface area contributed by atoms with Gasteiger partial charge in [-0.2, -0.15) is 0 Å². The predicted octanol–water partition coefficient (Wildman–Crippen LogP) is 3.48. The highest BCUT2D eigenvalue weighted by atomic mass is 32.1. The largest absolute Gasteiger partial charge is 0.493 e. The summed E-state index contributed by atoms with van der Waals surface area (Å²) in [6.07, 6.45) is 1.70. The highest BCUT2D eigenvalue weighted by Gasteiger charge is 2.19. The number of aromatic carboxylic acids is 1. The molecule has 5 nitrogen and oxygen atoms in total. The number of benzene rings is 1. The number of methoxy groups -OCH3 is 2. The lowest BCUT2D eigenvalue weighted by molar-refractivity contribution is 0.0702. The molecule has 0 aliphatic carbocycles. The lowest BCUT2D eigenvalue weighted by Gasteiger charge is -2.08. The maximum atomic E-state index is 11.4. The number of aryl methyl sites for hydroxylation is 1. The van der Waals surface area contributed by atoms with Crippen LogP contribution in [0.2, 0.25) is 0 Å². The summed E-state index contributed by atoms with van der Waals surface area (Å²) in [4.78, 5) is 16.1. The maximum absolute atomic E-state index is 11.4. The Morgan fingerprint density at radius 2 is 2.00 bits per heavy atom. The van der Waals surface area contributed by atoms with E-state index in [1.165, 1.54) is 11.3 Å². The Morgan fingerprint density at radius 1 is 1.29 bits per heavy atom. The zero-order chi connectivity index (χ0) is 15.4. The molecule has 0 aliphatic heterocycles. The summed E-state index contributed by atoms with van der Waals surface area (Å²) in [5, 5.41) is 10.2. The Hall–Kier alpha value is -2.08. The van der Waals surface area contributed by atoms with Crippen molar-refractivity contribution in [2.75, 3.05) is 14.2 Å². The van der Waals surface area contributed by atoms with E-state index in [1.54, 1.807) is 32.4 Å². The molecule has 1 heterocycles. The van der Waals surface area contributed by atoms with Gasteiger partial charge >= 0.3 is 5.97 Å². The summed E-state index contributed by atoms with van der Waals surface area (Å²) in [6.45, 7) is 2.04. The van der Waals surface area contributed by atoms with Crippen molar-refractivity contribution in [1.29, 1.82) is 0 Å². The van der Waals surface area contributed by atoms with Crippen molar-refractivity contribution >= 4 is 17.3 Å². The van der Waals surface area contributed by atoms with Crippen LogP contribution < -0.4 is 9.47 Å². The van der Waals surface area contributed by atoms with Gasteiger partial charge in [0.1, 0.15) is 4.88 Å². The standard InChI is InChI=1S/C15H17NO4S/c1-4-5-12-16-13(14(21-12)15(17)18)9-6-7-10(19-2)11(8-9)20-3/h6-8H,4-5H2,1-3H3,(H,17,18). The minimum absolute atomic E-state index is 0.255. The normalized spacial score (nSPS) is 10.4. The molecular formula is C15H17NO4S. The van der Waals surface area contributed by atoms with E-state index < -0.39 is 5.97 Å². The minimum Gasteiger partial charge on any atom is -0.493 e. The Morgan fingerprint density at radius 3 is 2.57 bits per heavy atom. The molecule has 112 valence electrons. The molecule has 1 aromatic carbocycles. The second-order valence-electron chi connectivity index (χ2n) is 4.41. The van der Waals surface area contributed by atoms with Gasteiger partial charge in [0.05, 0.1) is 24.9 Å². The van der Waals surface area contributed by atoms with Crippen molar-refractivity contribution < 1.29 is 19.4 Å². The number of ether oxygens (including phenoxy) is 2. The number of hydrogen-bond acceptors (Lipinski definition) is 5. The highest BCUT2D eigenvalue weighted by molar-refractivity contribution is 7.14. The molecule has 2 aromatic rings. The molecule has 1 aromatic heterocycles. The molecule has 1 N–H and O–H groups in total. The van der Waals surface area contributed by atoms with Crippen LogP contribution in [0.1, 0.15) is 28.0 Å². The Labute approximate surface area is 127 Å². The molecule has 0 aliphatic rings. The quantitative estimate of drug-likeness (QED) is 0.885. The SMILES string of the molecule is CCCc1nc(-c2ccc(OC)c(OC)c2)c(C(=O)O)s1. The van der Waals surface area contributed by atoms with Gasteiger partial charge in [0, 0.05) is 5.56 Å². The molecule has 0 saturated carbocycles. The van der Waals surface area contributed by atoms with Gasteiger partial charge in [0.25, 0.3) is 0 Å². The third kappa shape index (κ3) is 3.16. The molecule has 0 amide bonds. The van der Waals surface area contributed by atoms with Crippen LogP contribution in [0.4, 0.5) is 0 Å². The number of carbonyl (C=O) groups is 1. The molecule has 0 fully saturated rings. The van der Waals surface area contributed by atoms with E-state index in [2.05, 4.69) is 4.98 Å². The van der Waals surface area contributed by atoms with Crippen LogP contribution in [0.5, 0.6) is 11.5 Å². The fourth-order valence-electron chi connectivity index (χ4n) is 2.01. The second kappa shape index (κ2) is 6.58. The molecule has 0 spiro atoms. The zero-order valence-electron chi connectivity index (χ0n) is 12.2. The average Bonchev–Trinajstić information content (AvgIpc) is 2.91. The van der Waals surface area contributed by atoms with Gasteiger partial charge in [0.15, 0.2) is 11.5 Å². The van der Waals surface area contributed by atoms with Gasteiger partial charge in [-0.05, 0) is 31.0 Å². The first-order valence-electron chi connectivity index (χ1n) is 6.56. The number of hydrogen-bond donors (Lipinski definition) is 1. The number of aromatic nitrogens is 1. The molecule has 0 bridgehead atoms. The summed E-state index contributed by atoms with van der Waals surface area (Å²) < 4.78 is 10.4. The predicted molar refractivity (Wildman–Crippen MR) is 81.6 cm³/mol. The summed E-state index contributed by atoms with van der Waals surface area (Å²) in [6, 6.07) is 5.28. The van der Waals surface area contributed by atoms with Crippen LogP contribution in [-0.2, 0) is 6.42 Å². The van der Waals surface area contributed by atoms with Crippen LogP contribution in [0.25, 0.3) is 11.3 Å². The molecule has 0 unspecified atom stereocenters. The smallest absolute Gasteiger partial charge is 0.348 e. The first-order chi connectivity index (χ1) is 10.1. The van der Waals surface area contributed by atoms with Gasteiger partial charge < -0.3 is 14.6 Å². The third-order valence-electron chi connectivity index (χ3n) is 2.99. The van der Waals surface area contributed by atoms with E-state index in [-0.39, 0.29) is 4.88 Å². The fraction of sp³-hybridized carbons (Fsp3) is 0.333. The van der Waals surface area contributed by atoms with E-state index in [0.717, 1.165) is 17.8 Å². The number of carboxylic acid groups (broad SMARTS) is 1. The van der Waals surface area contributed by atoms with Gasteiger partial charge in [-0.15, -0.1) is 11.3 Å². The number of thiazole rings is 1. The van der Waals surface area contributed by atoms with E-state index in [9.17, 15) is 9.90 Å². The summed E-state index contributed by atoms with van der Waals surface area (Å²) >= 11 is 1.23. The Kier molecular flexibility index (Phi) is 4.80. The van der Waals surface area contributed by atoms with E-state index in [4.69, 9.17) is 9.47 Å². The molecule has 0 radical (unpaired) electrons. The van der Waals surface area contributed by atoms with Crippen LogP contribution >= 0.6 is 11.3 Å². The van der Waals surface area contributed by atoms with Gasteiger partial charge in [-0.25, -0.2) is 9.78 Å². The van der Waals surface area contributed by atoms with Gasteiger partial charge in [0.2, 0.25) is 0 Å². The Bertz CT molecular complexity index is 651. The minimum atomic E-state index is -0.959. The molecule has 2 rings (SSSR count). The lowest BCUT2D eigenvalue weighted by atomic mass is 10.1. The summed E-state index contributed by atoms with van der Waals surface area (Å²) in [5.41, 5.74) is 1.19. The zero-order valence-corrected chi connectivity index (χ0v) is 13.0. The lowest BCUT2D eigenvalue weighted by Crippen LogP contribution is -1.96. The molecule has 0 atom stereocenters. The first-order valence-corrected chi connectivity index (χ1v) is 7.37. The number of nitrogens with zero attached hydrogens (tertiary/aromatic N) is 1. The van der Waals surface area contributed by atoms with Crippen LogP contribution in [-0.4, -0.2) is 30.3 Å². The monoisotopic (exact) mass is 307 g/mol. The second-order valence-corrected chi connectivity index (χ2v) is 5.49. The van der Waals surface area contributed by atoms with Crippen molar-refractivity contribution in [3.63, 3.8) is 0 Å². The van der Waals surface area contributed by atoms with Gasteiger partial charge in [-0.1, -0.05) is 6.92 Å². The van der Waals surface area contributed by atoms with E-state index in [1.807, 2.05) is 6.92 Å². The molecule has 6 heteroatoms. The summed E-state index contributed by atoms with van der Waals surface area (Å²) in [7, 11) is 3.10. The molecule has 21 heavy (non-hydrogen) atoms. The van der Waals surface area contributed by atoms with E-state index >= 15 is 0 Å². The molecule has 0 saturated heterocycles. The highest BCUT2D eigenvalue weighted by Crippen LogP contribution is 2.35. The van der Waals surface area contributed by atoms with Gasteiger partial charge in [-0.3, -0.25) is 0 Å². The average molecular weight is 307 g/mol. The van der Waals surface area contributed by atoms with Crippen molar-refractivity contribution in [3.05, 3.63) is 28.1 Å². The first kappa shape index (κ1) is 15.3. The van der Waals surface area contributed by atoms with Crippen molar-refractivity contribution in [2.45, 2.75) is 19.8 Å². The van der Waals surface area contributed by atoms with Crippen LogP contribution in [0, 0.1) is 0 Å². The Balaban J connectivity index is 2.52. The molecular weight excluding hydrogens is 290 g/mol. The maximum Gasteiger partial charge on any atom is 0.348 e. The summed E-state index contributed by atoms with van der Waals surface area (Å²) in [5.74, 6) is 0.193. The van der Waals surface area contributed by atoms with Crippen LogP contribution in [0.15, 0.2) is 18.2 Å².